The van der Waals surface area contributed by atoms with Crippen LogP contribution >= 0.6 is 0 Å². The normalized spacial score (nSPS) is 10.5. The number of carbonyl (C=O) groups is 2. The molecule has 0 bridgehead atoms. The Morgan fingerprint density at radius 1 is 0.955 bits per heavy atom. The first kappa shape index (κ1) is 18.3. The van der Waals surface area contributed by atoms with Crippen LogP contribution in [0, 0.1) is 5.82 Å². The molecular weight excluding hydrogens is 281 g/mol. The molecule has 0 radical (unpaired) electrons. The van der Waals surface area contributed by atoms with Gasteiger partial charge in [0.15, 0.2) is 5.78 Å². The monoisotopic (exact) mass is 307 g/mol. The summed E-state index contributed by atoms with van der Waals surface area (Å²) >= 11 is 0. The topological polar surface area (TPSA) is 46.2 Å². The van der Waals surface area contributed by atoms with Gasteiger partial charge >= 0.3 is 0 Å². The molecule has 0 aliphatic rings. The summed E-state index contributed by atoms with van der Waals surface area (Å²) in [6.45, 7) is 2.81. The highest BCUT2D eigenvalue weighted by molar-refractivity contribution is 6.07. The van der Waals surface area contributed by atoms with Crippen LogP contribution in [-0.2, 0) is 4.79 Å². The van der Waals surface area contributed by atoms with Gasteiger partial charge in [-0.2, -0.15) is 0 Å². The smallest absolute Gasteiger partial charge is 0.227 e. The molecule has 1 aromatic carbocycles. The number of Topliss-reactive ketones (excluding diaryl/α,β-unsaturated/α-hetero) is 1. The maximum atomic E-state index is 12.8. The van der Waals surface area contributed by atoms with Crippen molar-refractivity contribution in [2.45, 2.75) is 58.3 Å². The molecule has 0 spiro atoms. The van der Waals surface area contributed by atoms with Crippen molar-refractivity contribution < 1.29 is 14.0 Å². The second-order valence-corrected chi connectivity index (χ2v) is 5.58. The Morgan fingerprint density at radius 3 is 2.18 bits per heavy atom. The summed E-state index contributed by atoms with van der Waals surface area (Å²) in [7, 11) is 0. The number of amides is 1. The standard InChI is InChI=1S/C18H26FNO2/c1-2-3-4-5-6-7-8-13-20-18(22)14-17(21)15-9-11-16(19)12-10-15/h9-12H,2-8,13-14H2,1H3,(H,20,22). The molecule has 0 aliphatic heterocycles. The van der Waals surface area contributed by atoms with Crippen LogP contribution in [0.1, 0.15) is 68.6 Å². The van der Waals surface area contributed by atoms with Crippen molar-refractivity contribution in [3.05, 3.63) is 35.6 Å². The lowest BCUT2D eigenvalue weighted by molar-refractivity contribution is -0.120. The van der Waals surface area contributed by atoms with Crippen molar-refractivity contribution in [1.82, 2.24) is 5.32 Å². The molecule has 0 saturated carbocycles. The van der Waals surface area contributed by atoms with E-state index in [9.17, 15) is 14.0 Å². The highest BCUT2D eigenvalue weighted by atomic mass is 19.1. The van der Waals surface area contributed by atoms with Gasteiger partial charge in [-0.1, -0.05) is 45.4 Å². The molecule has 1 rings (SSSR count). The molecule has 0 unspecified atom stereocenters. The summed E-state index contributed by atoms with van der Waals surface area (Å²) in [5.41, 5.74) is 0.368. The first-order valence-electron chi connectivity index (χ1n) is 8.19. The number of hydrogen-bond donors (Lipinski definition) is 1. The van der Waals surface area contributed by atoms with E-state index in [1.165, 1.54) is 56.4 Å². The molecule has 1 N–H and O–H groups in total. The first-order chi connectivity index (χ1) is 10.6. The third-order valence-electron chi connectivity index (χ3n) is 3.59. The average molecular weight is 307 g/mol. The summed E-state index contributed by atoms with van der Waals surface area (Å²) in [6, 6.07) is 5.26. The average Bonchev–Trinajstić information content (AvgIpc) is 2.50. The van der Waals surface area contributed by atoms with Gasteiger partial charge in [-0.3, -0.25) is 9.59 Å². The molecule has 1 amide bonds. The largest absolute Gasteiger partial charge is 0.356 e. The molecule has 4 heteroatoms. The Hall–Kier alpha value is -1.71. The summed E-state index contributed by atoms with van der Waals surface area (Å²) < 4.78 is 12.8. The number of nitrogens with one attached hydrogen (secondary N) is 1. The second kappa shape index (κ2) is 10.9. The zero-order chi connectivity index (χ0) is 16.2. The van der Waals surface area contributed by atoms with Crippen LogP contribution in [-0.4, -0.2) is 18.2 Å². The lowest BCUT2D eigenvalue weighted by Gasteiger charge is -2.05. The van der Waals surface area contributed by atoms with Crippen molar-refractivity contribution in [2.75, 3.05) is 6.54 Å². The van der Waals surface area contributed by atoms with Crippen molar-refractivity contribution in [3.8, 4) is 0 Å². The van der Waals surface area contributed by atoms with Gasteiger partial charge in [-0.15, -0.1) is 0 Å². The molecule has 0 atom stereocenters. The fraction of sp³-hybridized carbons (Fsp3) is 0.556. The quantitative estimate of drug-likeness (QED) is 0.377. The van der Waals surface area contributed by atoms with E-state index in [2.05, 4.69) is 12.2 Å². The summed E-state index contributed by atoms with van der Waals surface area (Å²) in [4.78, 5) is 23.5. The maximum absolute atomic E-state index is 12.8. The first-order valence-corrected chi connectivity index (χ1v) is 8.19. The Labute approximate surface area is 132 Å². The van der Waals surface area contributed by atoms with Crippen molar-refractivity contribution in [3.63, 3.8) is 0 Å². The molecule has 0 aromatic heterocycles. The number of unbranched alkanes of at least 4 members (excludes halogenated alkanes) is 6. The predicted octanol–water partition coefficient (Wildman–Crippen LogP) is 4.27. The summed E-state index contributed by atoms with van der Waals surface area (Å²) in [6.07, 6.45) is 8.16. The second-order valence-electron chi connectivity index (χ2n) is 5.58. The van der Waals surface area contributed by atoms with Crippen molar-refractivity contribution in [1.29, 1.82) is 0 Å². The van der Waals surface area contributed by atoms with E-state index < -0.39 is 0 Å². The van der Waals surface area contributed by atoms with Gasteiger partial charge in [-0.25, -0.2) is 4.39 Å². The SMILES string of the molecule is CCCCCCCCCNC(=O)CC(=O)c1ccc(F)cc1. The molecular formula is C18H26FNO2. The van der Waals surface area contributed by atoms with Crippen LogP contribution in [0.25, 0.3) is 0 Å². The van der Waals surface area contributed by atoms with Crippen LogP contribution in [0.5, 0.6) is 0 Å². The van der Waals surface area contributed by atoms with Gasteiger partial charge in [0.25, 0.3) is 0 Å². The van der Waals surface area contributed by atoms with Crippen LogP contribution in [0.3, 0.4) is 0 Å². The Balaban J connectivity index is 2.10. The van der Waals surface area contributed by atoms with E-state index in [0.29, 0.717) is 12.1 Å². The Morgan fingerprint density at radius 2 is 1.55 bits per heavy atom. The van der Waals surface area contributed by atoms with Crippen molar-refractivity contribution in [2.24, 2.45) is 0 Å². The Bertz CT molecular complexity index is 457. The fourth-order valence-electron chi connectivity index (χ4n) is 2.26. The number of hydrogen-bond acceptors (Lipinski definition) is 2. The highest BCUT2D eigenvalue weighted by Crippen LogP contribution is 2.07. The van der Waals surface area contributed by atoms with Crippen molar-refractivity contribution >= 4 is 11.7 Å². The van der Waals surface area contributed by atoms with E-state index in [1.54, 1.807) is 0 Å². The zero-order valence-corrected chi connectivity index (χ0v) is 13.4. The third kappa shape index (κ3) is 7.91. The minimum Gasteiger partial charge on any atom is -0.356 e. The van der Waals surface area contributed by atoms with Gasteiger partial charge in [0.1, 0.15) is 5.82 Å². The van der Waals surface area contributed by atoms with E-state index >= 15 is 0 Å². The molecule has 0 aliphatic carbocycles. The van der Waals surface area contributed by atoms with E-state index in [-0.39, 0.29) is 23.9 Å². The van der Waals surface area contributed by atoms with Crippen LogP contribution in [0.15, 0.2) is 24.3 Å². The minimum absolute atomic E-state index is 0.178. The summed E-state index contributed by atoms with van der Waals surface area (Å²) in [5, 5.41) is 2.76. The van der Waals surface area contributed by atoms with E-state index in [0.717, 1.165) is 12.8 Å². The number of ketones is 1. The maximum Gasteiger partial charge on any atom is 0.227 e. The number of rotatable bonds is 11. The molecule has 1 aromatic rings. The number of benzene rings is 1. The minimum atomic E-state index is -0.389. The molecule has 0 saturated heterocycles. The molecule has 22 heavy (non-hydrogen) atoms. The molecule has 0 fully saturated rings. The van der Waals surface area contributed by atoms with Crippen LogP contribution in [0.4, 0.5) is 4.39 Å². The van der Waals surface area contributed by atoms with E-state index in [1.807, 2.05) is 0 Å². The van der Waals surface area contributed by atoms with Gasteiger partial charge in [0.05, 0.1) is 6.42 Å². The molecule has 3 nitrogen and oxygen atoms in total. The van der Waals surface area contributed by atoms with Crippen LogP contribution < -0.4 is 5.32 Å². The van der Waals surface area contributed by atoms with Gasteiger partial charge in [-0.05, 0) is 30.7 Å². The number of halogens is 1. The lowest BCUT2D eigenvalue weighted by atomic mass is 10.1. The van der Waals surface area contributed by atoms with Gasteiger partial charge < -0.3 is 5.32 Å². The van der Waals surface area contributed by atoms with Gasteiger partial charge in [0, 0.05) is 12.1 Å². The van der Waals surface area contributed by atoms with E-state index in [4.69, 9.17) is 0 Å². The Kier molecular flexibility index (Phi) is 9.12. The lowest BCUT2D eigenvalue weighted by Crippen LogP contribution is -2.26. The predicted molar refractivity (Wildman–Crippen MR) is 86.4 cm³/mol. The number of carbonyl (C=O) groups excluding carboxylic acids is 2. The fourth-order valence-corrected chi connectivity index (χ4v) is 2.26. The summed E-state index contributed by atoms with van der Waals surface area (Å²) in [5.74, 6) is -0.933. The zero-order valence-electron chi connectivity index (χ0n) is 13.4. The highest BCUT2D eigenvalue weighted by Gasteiger charge is 2.11. The third-order valence-corrected chi connectivity index (χ3v) is 3.59. The molecule has 0 heterocycles. The van der Waals surface area contributed by atoms with Crippen LogP contribution in [0.2, 0.25) is 0 Å². The molecule has 122 valence electrons. The van der Waals surface area contributed by atoms with Gasteiger partial charge in [0.2, 0.25) is 5.91 Å².